The molecule has 0 aliphatic carbocycles. The van der Waals surface area contributed by atoms with E-state index in [1.54, 1.807) is 0 Å². The number of imidazole rings is 1. The van der Waals surface area contributed by atoms with E-state index >= 15 is 0 Å². The molecule has 1 heterocycles. The predicted molar refractivity (Wildman–Crippen MR) is 156 cm³/mol. The van der Waals surface area contributed by atoms with Crippen molar-refractivity contribution < 1.29 is 4.79 Å². The van der Waals surface area contributed by atoms with Gasteiger partial charge in [0.25, 0.3) is 5.91 Å². The van der Waals surface area contributed by atoms with E-state index in [1.807, 2.05) is 38.1 Å². The maximum atomic E-state index is 13.1. The first-order valence-corrected chi connectivity index (χ1v) is 13.2. The van der Waals surface area contributed by atoms with Crippen LogP contribution in [-0.4, -0.2) is 15.5 Å². The molecular weight excluding hydrogens is 466 g/mol. The molecule has 0 radical (unpaired) electrons. The summed E-state index contributed by atoms with van der Waals surface area (Å²) < 4.78 is 2.20. The summed E-state index contributed by atoms with van der Waals surface area (Å²) in [5.41, 5.74) is 8.52. The first kappa shape index (κ1) is 25.5. The Hall–Kier alpha value is -4.18. The molecule has 5 aromatic rings. The van der Waals surface area contributed by atoms with Crippen LogP contribution in [0.1, 0.15) is 66.6 Å². The molecule has 1 N–H and O–H groups in total. The summed E-state index contributed by atoms with van der Waals surface area (Å²) >= 11 is 0. The van der Waals surface area contributed by atoms with Crippen LogP contribution in [0.25, 0.3) is 22.2 Å². The minimum absolute atomic E-state index is 0.0609. The van der Waals surface area contributed by atoms with E-state index in [9.17, 15) is 4.79 Å². The maximum absolute atomic E-state index is 13.1. The van der Waals surface area contributed by atoms with Crippen LogP contribution in [0.15, 0.2) is 97.1 Å². The van der Waals surface area contributed by atoms with E-state index in [2.05, 4.69) is 103 Å². The Morgan fingerprint density at radius 3 is 2.29 bits per heavy atom. The summed E-state index contributed by atoms with van der Waals surface area (Å²) in [5.74, 6) is 0.835. The molecule has 0 spiro atoms. The van der Waals surface area contributed by atoms with Crippen molar-refractivity contribution in [1.29, 1.82) is 0 Å². The molecule has 0 fully saturated rings. The van der Waals surface area contributed by atoms with Gasteiger partial charge < -0.3 is 9.88 Å². The number of nitrogens with one attached hydrogen (secondary N) is 1. The zero-order valence-corrected chi connectivity index (χ0v) is 22.8. The molecule has 38 heavy (non-hydrogen) atoms. The van der Waals surface area contributed by atoms with Gasteiger partial charge in [-0.1, -0.05) is 99.6 Å². The van der Waals surface area contributed by atoms with Gasteiger partial charge >= 0.3 is 0 Å². The van der Waals surface area contributed by atoms with Crippen LogP contribution in [0.5, 0.6) is 0 Å². The van der Waals surface area contributed by atoms with E-state index in [4.69, 9.17) is 4.98 Å². The Labute approximate surface area is 225 Å². The van der Waals surface area contributed by atoms with Crippen LogP contribution < -0.4 is 5.32 Å². The molecule has 4 heteroatoms. The normalized spacial score (nSPS) is 12.4. The number of fused-ring (bicyclic) bond motifs is 1. The lowest BCUT2D eigenvalue weighted by molar-refractivity contribution is 0.0940. The van der Waals surface area contributed by atoms with Crippen LogP contribution >= 0.6 is 0 Å². The molecule has 0 aliphatic rings. The van der Waals surface area contributed by atoms with Gasteiger partial charge in [0.1, 0.15) is 5.82 Å². The Bertz CT molecular complexity index is 1570. The number of carbonyl (C=O) groups excluding carboxylic acids is 1. The number of rotatable bonds is 6. The molecule has 4 nitrogen and oxygen atoms in total. The van der Waals surface area contributed by atoms with Gasteiger partial charge in [0.15, 0.2) is 0 Å². The van der Waals surface area contributed by atoms with Crippen LogP contribution in [0.4, 0.5) is 0 Å². The second-order valence-corrected chi connectivity index (χ2v) is 11.1. The van der Waals surface area contributed by atoms with Crippen molar-refractivity contribution in [2.45, 2.75) is 52.6 Å². The average molecular weight is 502 g/mol. The van der Waals surface area contributed by atoms with Crippen molar-refractivity contribution in [2.24, 2.45) is 0 Å². The van der Waals surface area contributed by atoms with Gasteiger partial charge in [0.05, 0.1) is 17.1 Å². The van der Waals surface area contributed by atoms with Crippen molar-refractivity contribution in [3.63, 3.8) is 0 Å². The summed E-state index contributed by atoms with van der Waals surface area (Å²) in [7, 11) is 0. The topological polar surface area (TPSA) is 46.9 Å². The molecule has 0 saturated carbocycles. The van der Waals surface area contributed by atoms with Gasteiger partial charge in [-0.2, -0.15) is 0 Å². The molecule has 5 rings (SSSR count). The number of amides is 1. The monoisotopic (exact) mass is 501 g/mol. The van der Waals surface area contributed by atoms with Gasteiger partial charge in [-0.25, -0.2) is 4.98 Å². The predicted octanol–water partition coefficient (Wildman–Crippen LogP) is 7.85. The third-order valence-electron chi connectivity index (χ3n) is 7.20. The lowest BCUT2D eigenvalue weighted by Crippen LogP contribution is -2.27. The first-order valence-electron chi connectivity index (χ1n) is 13.2. The second kappa shape index (κ2) is 10.3. The highest BCUT2D eigenvalue weighted by atomic mass is 16.1. The second-order valence-electron chi connectivity index (χ2n) is 11.1. The molecule has 1 atom stereocenters. The fourth-order valence-corrected chi connectivity index (χ4v) is 4.84. The smallest absolute Gasteiger partial charge is 0.251 e. The highest BCUT2D eigenvalue weighted by Gasteiger charge is 2.18. The molecule has 0 saturated heterocycles. The van der Waals surface area contributed by atoms with E-state index in [0.29, 0.717) is 5.56 Å². The molecule has 0 unspecified atom stereocenters. The highest BCUT2D eigenvalue weighted by molar-refractivity contribution is 5.97. The van der Waals surface area contributed by atoms with E-state index in [-0.39, 0.29) is 17.4 Å². The molecule has 0 bridgehead atoms. The molecule has 1 aromatic heterocycles. The minimum atomic E-state index is -0.0985. The number of hydrogen-bond acceptors (Lipinski definition) is 2. The van der Waals surface area contributed by atoms with Crippen LogP contribution in [-0.2, 0) is 12.0 Å². The van der Waals surface area contributed by atoms with Crippen LogP contribution in [0.3, 0.4) is 0 Å². The minimum Gasteiger partial charge on any atom is -0.346 e. The third kappa shape index (κ3) is 5.40. The maximum Gasteiger partial charge on any atom is 0.251 e. The number of aromatic nitrogens is 2. The summed E-state index contributed by atoms with van der Waals surface area (Å²) in [6.07, 6.45) is 0. The zero-order chi connectivity index (χ0) is 26.9. The molecular formula is C34H35N3O. The van der Waals surface area contributed by atoms with Crippen molar-refractivity contribution in [1.82, 2.24) is 14.9 Å². The van der Waals surface area contributed by atoms with E-state index in [0.717, 1.165) is 29.0 Å². The Morgan fingerprint density at radius 1 is 0.868 bits per heavy atom. The fourth-order valence-electron chi connectivity index (χ4n) is 4.84. The summed E-state index contributed by atoms with van der Waals surface area (Å²) in [6, 6.07) is 33.2. The standard InChI is InChI=1S/C34H35N3O/c1-23(28-12-9-13-30(20-28)34(3,4)5)35-33(38)29-18-19-32-31(21-29)36-24(2)37(32)22-25-14-16-27(17-15-25)26-10-7-6-8-11-26/h6-21,23H,22H2,1-5H3,(H,35,38)/t23-/m0/s1. The number of hydrogen-bond donors (Lipinski definition) is 1. The van der Waals surface area contributed by atoms with E-state index < -0.39 is 0 Å². The van der Waals surface area contributed by atoms with Gasteiger partial charge in [-0.15, -0.1) is 0 Å². The number of nitrogens with zero attached hydrogens (tertiary/aromatic N) is 2. The molecule has 1 amide bonds. The van der Waals surface area contributed by atoms with Crippen LogP contribution in [0.2, 0.25) is 0 Å². The number of aryl methyl sites for hydroxylation is 1. The number of benzene rings is 4. The number of carbonyl (C=O) groups is 1. The van der Waals surface area contributed by atoms with E-state index in [1.165, 1.54) is 22.3 Å². The highest BCUT2D eigenvalue weighted by Crippen LogP contribution is 2.26. The van der Waals surface area contributed by atoms with Crippen molar-refractivity contribution >= 4 is 16.9 Å². The summed E-state index contributed by atoms with van der Waals surface area (Å²) in [4.78, 5) is 17.9. The average Bonchev–Trinajstić information content (AvgIpc) is 3.23. The lowest BCUT2D eigenvalue weighted by atomic mass is 9.85. The van der Waals surface area contributed by atoms with Crippen molar-refractivity contribution in [3.8, 4) is 11.1 Å². The van der Waals surface area contributed by atoms with Crippen molar-refractivity contribution in [3.05, 3.63) is 125 Å². The summed E-state index contributed by atoms with van der Waals surface area (Å²) in [5, 5.41) is 3.16. The Balaban J connectivity index is 1.32. The molecule has 4 aromatic carbocycles. The van der Waals surface area contributed by atoms with Gasteiger partial charge in [-0.3, -0.25) is 4.79 Å². The Kier molecular flexibility index (Phi) is 6.90. The quantitative estimate of drug-likeness (QED) is 0.257. The van der Waals surface area contributed by atoms with Gasteiger partial charge in [0.2, 0.25) is 0 Å². The lowest BCUT2D eigenvalue weighted by Gasteiger charge is -2.22. The fraction of sp³-hybridized carbons (Fsp3) is 0.235. The first-order chi connectivity index (χ1) is 18.2. The zero-order valence-electron chi connectivity index (χ0n) is 22.8. The molecule has 192 valence electrons. The SMILES string of the molecule is Cc1nc2cc(C(=O)N[C@@H](C)c3cccc(C(C)(C)C)c3)ccc2n1Cc1ccc(-c2ccccc2)cc1. The largest absolute Gasteiger partial charge is 0.346 e. The van der Waals surface area contributed by atoms with Gasteiger partial charge in [0, 0.05) is 12.1 Å². The third-order valence-corrected chi connectivity index (χ3v) is 7.20. The summed E-state index contributed by atoms with van der Waals surface area (Å²) in [6.45, 7) is 11.4. The van der Waals surface area contributed by atoms with Crippen LogP contribution in [0, 0.1) is 6.92 Å². The Morgan fingerprint density at radius 2 is 1.58 bits per heavy atom. The van der Waals surface area contributed by atoms with Crippen molar-refractivity contribution in [2.75, 3.05) is 0 Å². The molecule has 0 aliphatic heterocycles. The van der Waals surface area contributed by atoms with Gasteiger partial charge in [-0.05, 0) is 65.3 Å².